The molecule has 0 atom stereocenters. The van der Waals surface area contributed by atoms with Gasteiger partial charge in [-0.3, -0.25) is 0 Å². The second kappa shape index (κ2) is 5.99. The Bertz CT molecular complexity index is 546. The third kappa shape index (κ3) is 2.90. The van der Waals surface area contributed by atoms with E-state index in [1.54, 1.807) is 0 Å². The average molecular weight is 355 g/mol. The van der Waals surface area contributed by atoms with E-state index in [0.29, 0.717) is 5.88 Å². The lowest BCUT2D eigenvalue weighted by Crippen LogP contribution is -2.02. The van der Waals surface area contributed by atoms with E-state index in [1.807, 2.05) is 31.3 Å². The minimum absolute atomic E-state index is 0.610. The molecule has 2 aromatic rings. The van der Waals surface area contributed by atoms with Gasteiger partial charge in [0.05, 0.1) is 5.56 Å². The van der Waals surface area contributed by atoms with Crippen LogP contribution in [0.25, 0.3) is 0 Å². The molecule has 0 amide bonds. The molecule has 0 aliphatic heterocycles. The minimum Gasteiger partial charge on any atom is -0.439 e. The van der Waals surface area contributed by atoms with Crippen LogP contribution in [0.15, 0.2) is 30.6 Å². The molecule has 1 aromatic heterocycles. The fourth-order valence-corrected chi connectivity index (χ4v) is 2.17. The van der Waals surface area contributed by atoms with Gasteiger partial charge in [0.1, 0.15) is 17.9 Å². The van der Waals surface area contributed by atoms with Crippen molar-refractivity contribution < 1.29 is 4.74 Å². The summed E-state index contributed by atoms with van der Waals surface area (Å²) in [7, 11) is 1.84. The number of ether oxygens (including phenoxy) is 1. The summed E-state index contributed by atoms with van der Waals surface area (Å²) in [5, 5.41) is 3.05. The van der Waals surface area contributed by atoms with Gasteiger partial charge in [-0.25, -0.2) is 9.97 Å². The van der Waals surface area contributed by atoms with E-state index in [9.17, 15) is 0 Å². The van der Waals surface area contributed by atoms with Crippen molar-refractivity contribution in [1.82, 2.24) is 9.97 Å². The minimum atomic E-state index is 0.610. The number of nitrogens with zero attached hydrogens (tertiary/aromatic N) is 2. The number of nitrogens with one attached hydrogen (secondary N) is 1. The highest BCUT2D eigenvalue weighted by Gasteiger charge is 2.10. The van der Waals surface area contributed by atoms with Gasteiger partial charge in [0, 0.05) is 10.6 Å². The van der Waals surface area contributed by atoms with Crippen LogP contribution < -0.4 is 10.1 Å². The summed E-state index contributed by atoms with van der Waals surface area (Å²) < 4.78 is 6.96. The van der Waals surface area contributed by atoms with Gasteiger partial charge in [-0.1, -0.05) is 13.0 Å². The Morgan fingerprint density at radius 3 is 2.83 bits per heavy atom. The fraction of sp³-hybridized carbons (Fsp3) is 0.231. The molecule has 4 nitrogen and oxygen atoms in total. The lowest BCUT2D eigenvalue weighted by Gasteiger charge is -2.11. The molecule has 18 heavy (non-hydrogen) atoms. The first-order valence-electron chi connectivity index (χ1n) is 5.69. The zero-order chi connectivity index (χ0) is 13.0. The van der Waals surface area contributed by atoms with E-state index in [4.69, 9.17) is 4.74 Å². The lowest BCUT2D eigenvalue weighted by atomic mass is 10.2. The number of hydrogen-bond acceptors (Lipinski definition) is 4. The van der Waals surface area contributed by atoms with E-state index in [1.165, 1.54) is 6.33 Å². The van der Waals surface area contributed by atoms with Crippen LogP contribution in [-0.2, 0) is 6.42 Å². The Morgan fingerprint density at radius 1 is 1.33 bits per heavy atom. The molecule has 0 radical (unpaired) electrons. The van der Waals surface area contributed by atoms with Crippen molar-refractivity contribution in [3.05, 3.63) is 39.7 Å². The van der Waals surface area contributed by atoms with Gasteiger partial charge < -0.3 is 10.1 Å². The maximum atomic E-state index is 5.83. The number of hydrogen-bond donors (Lipinski definition) is 1. The van der Waals surface area contributed by atoms with Gasteiger partial charge >= 0.3 is 0 Å². The quantitative estimate of drug-likeness (QED) is 0.854. The Labute approximate surface area is 120 Å². The molecule has 1 N–H and O–H groups in total. The number of anilines is 1. The van der Waals surface area contributed by atoms with Crippen molar-refractivity contribution in [2.24, 2.45) is 0 Å². The van der Waals surface area contributed by atoms with Crippen LogP contribution in [0.5, 0.6) is 11.6 Å². The second-order valence-electron chi connectivity index (χ2n) is 3.67. The maximum Gasteiger partial charge on any atom is 0.227 e. The number of halogens is 1. The van der Waals surface area contributed by atoms with Gasteiger partial charge in [0.25, 0.3) is 0 Å². The van der Waals surface area contributed by atoms with Crippen LogP contribution in [0.3, 0.4) is 0 Å². The van der Waals surface area contributed by atoms with Gasteiger partial charge in [0.2, 0.25) is 5.88 Å². The van der Waals surface area contributed by atoms with Crippen molar-refractivity contribution in [2.75, 3.05) is 12.4 Å². The van der Waals surface area contributed by atoms with Gasteiger partial charge in [-0.2, -0.15) is 0 Å². The maximum absolute atomic E-state index is 5.83. The molecule has 0 saturated carbocycles. The van der Waals surface area contributed by atoms with Crippen molar-refractivity contribution in [3.63, 3.8) is 0 Å². The normalized spacial score (nSPS) is 10.2. The number of benzene rings is 1. The van der Waals surface area contributed by atoms with Gasteiger partial charge in [-0.15, -0.1) is 0 Å². The fourth-order valence-electron chi connectivity index (χ4n) is 1.66. The standard InChI is InChI=1S/C13H14IN3O/c1-3-11-12(15-2)16-8-17-13(11)18-10-6-4-5-9(14)7-10/h4-8H,3H2,1-2H3,(H,15,16,17). The first-order chi connectivity index (χ1) is 8.74. The second-order valence-corrected chi connectivity index (χ2v) is 4.91. The first kappa shape index (κ1) is 13.1. The van der Waals surface area contributed by atoms with Gasteiger partial charge in [0.15, 0.2) is 0 Å². The summed E-state index contributed by atoms with van der Waals surface area (Å²) in [6, 6.07) is 7.87. The van der Waals surface area contributed by atoms with Crippen LogP contribution in [0.4, 0.5) is 5.82 Å². The highest BCUT2D eigenvalue weighted by atomic mass is 127. The molecule has 0 fully saturated rings. The monoisotopic (exact) mass is 355 g/mol. The van der Waals surface area contributed by atoms with E-state index >= 15 is 0 Å². The van der Waals surface area contributed by atoms with E-state index in [2.05, 4.69) is 44.8 Å². The Morgan fingerprint density at radius 2 is 2.17 bits per heavy atom. The molecule has 5 heteroatoms. The Balaban J connectivity index is 2.34. The molecule has 2 rings (SSSR count). The van der Waals surface area contributed by atoms with Gasteiger partial charge in [-0.05, 0) is 47.2 Å². The summed E-state index contributed by atoms with van der Waals surface area (Å²) >= 11 is 2.26. The van der Waals surface area contributed by atoms with E-state index < -0.39 is 0 Å². The summed E-state index contributed by atoms with van der Waals surface area (Å²) in [6.07, 6.45) is 2.32. The number of aromatic nitrogens is 2. The summed E-state index contributed by atoms with van der Waals surface area (Å²) in [5.74, 6) is 2.21. The summed E-state index contributed by atoms with van der Waals surface area (Å²) in [4.78, 5) is 8.39. The predicted molar refractivity (Wildman–Crippen MR) is 80.2 cm³/mol. The molecular weight excluding hydrogens is 341 g/mol. The summed E-state index contributed by atoms with van der Waals surface area (Å²) in [6.45, 7) is 2.06. The van der Waals surface area contributed by atoms with Crippen molar-refractivity contribution in [1.29, 1.82) is 0 Å². The first-order valence-corrected chi connectivity index (χ1v) is 6.77. The molecule has 0 spiro atoms. The van der Waals surface area contributed by atoms with Crippen molar-refractivity contribution in [3.8, 4) is 11.6 Å². The molecule has 0 saturated heterocycles. The predicted octanol–water partition coefficient (Wildman–Crippen LogP) is 3.48. The van der Waals surface area contributed by atoms with E-state index in [-0.39, 0.29) is 0 Å². The van der Waals surface area contributed by atoms with Crippen molar-refractivity contribution >= 4 is 28.4 Å². The zero-order valence-corrected chi connectivity index (χ0v) is 12.4. The zero-order valence-electron chi connectivity index (χ0n) is 10.3. The highest BCUT2D eigenvalue weighted by molar-refractivity contribution is 14.1. The van der Waals surface area contributed by atoms with Crippen LogP contribution in [0.2, 0.25) is 0 Å². The van der Waals surface area contributed by atoms with Crippen LogP contribution >= 0.6 is 22.6 Å². The molecular formula is C13H14IN3O. The Kier molecular flexibility index (Phi) is 4.35. The highest BCUT2D eigenvalue weighted by Crippen LogP contribution is 2.27. The van der Waals surface area contributed by atoms with E-state index in [0.717, 1.165) is 27.1 Å². The molecule has 94 valence electrons. The Hall–Kier alpha value is -1.37. The lowest BCUT2D eigenvalue weighted by molar-refractivity contribution is 0.455. The summed E-state index contributed by atoms with van der Waals surface area (Å²) in [5.41, 5.74) is 0.985. The van der Waals surface area contributed by atoms with Crippen LogP contribution in [-0.4, -0.2) is 17.0 Å². The van der Waals surface area contributed by atoms with Crippen LogP contribution in [0.1, 0.15) is 12.5 Å². The van der Waals surface area contributed by atoms with Crippen molar-refractivity contribution in [2.45, 2.75) is 13.3 Å². The molecule has 0 bridgehead atoms. The molecule has 0 unspecified atom stereocenters. The molecule has 0 aliphatic rings. The van der Waals surface area contributed by atoms with Crippen LogP contribution in [0, 0.1) is 3.57 Å². The third-order valence-electron chi connectivity index (χ3n) is 2.51. The molecule has 1 aromatic carbocycles. The molecule has 0 aliphatic carbocycles. The largest absolute Gasteiger partial charge is 0.439 e. The third-order valence-corrected chi connectivity index (χ3v) is 3.18. The SMILES string of the molecule is CCc1c(NC)ncnc1Oc1cccc(I)c1. The average Bonchev–Trinajstić information content (AvgIpc) is 2.38. The topological polar surface area (TPSA) is 47.0 Å². The smallest absolute Gasteiger partial charge is 0.227 e. The molecule has 1 heterocycles. The number of rotatable bonds is 4.